The second-order valence-electron chi connectivity index (χ2n) is 3.53. The highest BCUT2D eigenvalue weighted by Crippen LogP contribution is 2.22. The Kier molecular flexibility index (Phi) is 3.41. The van der Waals surface area contributed by atoms with Crippen molar-refractivity contribution in [1.82, 2.24) is 0 Å². The largest absolute Gasteiger partial charge is 0.326 e. The lowest BCUT2D eigenvalue weighted by molar-refractivity contribution is 0.588. The number of nitrogens with two attached hydrogens (primary N) is 1. The molecule has 0 amide bonds. The van der Waals surface area contributed by atoms with E-state index in [0.717, 1.165) is 12.5 Å². The number of benzene rings is 1. The Morgan fingerprint density at radius 2 is 1.50 bits per heavy atom. The van der Waals surface area contributed by atoms with Crippen molar-refractivity contribution in [3.63, 3.8) is 0 Å². The Labute approximate surface area is 95.1 Å². The van der Waals surface area contributed by atoms with Crippen molar-refractivity contribution in [2.45, 2.75) is 16.3 Å². The van der Waals surface area contributed by atoms with Gasteiger partial charge in [0, 0.05) is 19.1 Å². The Morgan fingerprint density at radius 3 is 1.88 bits per heavy atom. The Morgan fingerprint density at radius 1 is 1.00 bits per heavy atom. The zero-order chi connectivity index (χ0) is 12.6. The summed E-state index contributed by atoms with van der Waals surface area (Å²) in [5.41, 5.74) is 5.95. The molecule has 5 nitrogen and oxygen atoms in total. The minimum absolute atomic E-state index is 0.159. The quantitative estimate of drug-likeness (QED) is 0.825. The lowest BCUT2D eigenvalue weighted by Gasteiger charge is -2.07. The van der Waals surface area contributed by atoms with Crippen LogP contribution in [0.3, 0.4) is 0 Å². The van der Waals surface area contributed by atoms with Gasteiger partial charge in [-0.1, -0.05) is 6.07 Å². The molecule has 1 rings (SSSR count). The molecule has 90 valence electrons. The van der Waals surface area contributed by atoms with Gasteiger partial charge in [0.05, 0.1) is 9.79 Å². The summed E-state index contributed by atoms with van der Waals surface area (Å²) in [5.74, 6) is 0. The molecule has 0 aromatic heterocycles. The smallest absolute Gasteiger partial charge is 0.176 e. The first-order valence-electron chi connectivity index (χ1n) is 4.39. The third-order valence-electron chi connectivity index (χ3n) is 2.04. The molecule has 0 saturated carbocycles. The molecular weight excluding hydrogens is 250 g/mol. The Bertz CT molecular complexity index is 602. The van der Waals surface area contributed by atoms with E-state index in [-0.39, 0.29) is 16.3 Å². The van der Waals surface area contributed by atoms with Gasteiger partial charge in [-0.3, -0.25) is 0 Å². The second-order valence-corrected chi connectivity index (χ2v) is 7.50. The second kappa shape index (κ2) is 4.15. The third kappa shape index (κ3) is 2.81. The molecule has 0 fully saturated rings. The highest BCUT2D eigenvalue weighted by Gasteiger charge is 2.20. The third-order valence-corrected chi connectivity index (χ3v) is 4.46. The lowest BCUT2D eigenvalue weighted by atomic mass is 10.2. The number of sulfone groups is 2. The summed E-state index contributed by atoms with van der Waals surface area (Å²) in [6.45, 7) is 0.159. The normalized spacial score (nSPS) is 12.7. The van der Waals surface area contributed by atoms with E-state index in [1.54, 1.807) is 0 Å². The van der Waals surface area contributed by atoms with E-state index in [1.807, 2.05) is 0 Å². The minimum atomic E-state index is -3.58. The van der Waals surface area contributed by atoms with Crippen LogP contribution in [0.15, 0.2) is 28.0 Å². The van der Waals surface area contributed by atoms with Crippen LogP contribution in [0.2, 0.25) is 0 Å². The molecule has 0 aliphatic rings. The molecule has 0 bridgehead atoms. The number of rotatable bonds is 3. The predicted octanol–water partition coefficient (Wildman–Crippen LogP) is -0.0477. The van der Waals surface area contributed by atoms with Gasteiger partial charge < -0.3 is 5.73 Å². The zero-order valence-corrected chi connectivity index (χ0v) is 10.6. The molecule has 0 radical (unpaired) electrons. The van der Waals surface area contributed by atoms with Crippen molar-refractivity contribution in [2.24, 2.45) is 5.73 Å². The molecule has 0 unspecified atom stereocenters. The maximum absolute atomic E-state index is 11.5. The topological polar surface area (TPSA) is 94.3 Å². The fourth-order valence-corrected chi connectivity index (χ4v) is 3.72. The Balaban J connectivity index is 3.66. The summed E-state index contributed by atoms with van der Waals surface area (Å²) in [5, 5.41) is 0. The summed E-state index contributed by atoms with van der Waals surface area (Å²) in [7, 11) is -7.15. The molecule has 0 atom stereocenters. The SMILES string of the molecule is CS(=O)(=O)c1ccc(CN)cc1S(C)(=O)=O. The summed E-state index contributed by atoms with van der Waals surface area (Å²) < 4.78 is 45.7. The fraction of sp³-hybridized carbons (Fsp3) is 0.333. The fourth-order valence-electron chi connectivity index (χ4n) is 1.28. The summed E-state index contributed by atoms with van der Waals surface area (Å²) in [6, 6.07) is 4.07. The first kappa shape index (κ1) is 13.1. The lowest BCUT2D eigenvalue weighted by Crippen LogP contribution is -2.09. The van der Waals surface area contributed by atoms with Gasteiger partial charge in [0.2, 0.25) is 0 Å². The average molecular weight is 263 g/mol. The summed E-state index contributed by atoms with van der Waals surface area (Å²) >= 11 is 0. The predicted molar refractivity (Wildman–Crippen MR) is 60.6 cm³/mol. The maximum atomic E-state index is 11.5. The van der Waals surface area contributed by atoms with Crippen LogP contribution in [0, 0.1) is 0 Å². The highest BCUT2D eigenvalue weighted by molar-refractivity contribution is 7.93. The van der Waals surface area contributed by atoms with Crippen molar-refractivity contribution >= 4 is 19.7 Å². The molecule has 0 aliphatic heterocycles. The molecule has 1 aromatic carbocycles. The van der Waals surface area contributed by atoms with E-state index in [1.165, 1.54) is 18.2 Å². The van der Waals surface area contributed by atoms with Gasteiger partial charge in [0.15, 0.2) is 19.7 Å². The van der Waals surface area contributed by atoms with Gasteiger partial charge in [-0.25, -0.2) is 16.8 Å². The first-order chi connectivity index (χ1) is 7.16. The van der Waals surface area contributed by atoms with Crippen LogP contribution in [0.1, 0.15) is 5.56 Å². The molecule has 2 N–H and O–H groups in total. The monoisotopic (exact) mass is 263 g/mol. The van der Waals surface area contributed by atoms with Gasteiger partial charge in [0.1, 0.15) is 0 Å². The molecule has 0 aliphatic carbocycles. The van der Waals surface area contributed by atoms with Crippen molar-refractivity contribution in [3.8, 4) is 0 Å². The van der Waals surface area contributed by atoms with E-state index < -0.39 is 19.7 Å². The molecule has 0 spiro atoms. The number of hydrogen-bond donors (Lipinski definition) is 1. The van der Waals surface area contributed by atoms with Crippen molar-refractivity contribution in [3.05, 3.63) is 23.8 Å². The van der Waals surface area contributed by atoms with E-state index in [0.29, 0.717) is 5.56 Å². The van der Waals surface area contributed by atoms with Crippen LogP contribution < -0.4 is 5.73 Å². The summed E-state index contributed by atoms with van der Waals surface area (Å²) in [4.78, 5) is -0.384. The van der Waals surface area contributed by atoms with Crippen molar-refractivity contribution in [2.75, 3.05) is 12.5 Å². The van der Waals surface area contributed by atoms with Gasteiger partial charge in [-0.2, -0.15) is 0 Å². The molecule has 7 heteroatoms. The van der Waals surface area contributed by atoms with Crippen molar-refractivity contribution < 1.29 is 16.8 Å². The van der Waals surface area contributed by atoms with Crippen LogP contribution in [0.25, 0.3) is 0 Å². The Hall–Kier alpha value is -0.920. The van der Waals surface area contributed by atoms with E-state index in [9.17, 15) is 16.8 Å². The van der Waals surface area contributed by atoms with Crippen LogP contribution in [-0.4, -0.2) is 29.3 Å². The van der Waals surface area contributed by atoms with E-state index in [2.05, 4.69) is 0 Å². The van der Waals surface area contributed by atoms with Gasteiger partial charge >= 0.3 is 0 Å². The summed E-state index contributed by atoms with van der Waals surface area (Å²) in [6.07, 6.45) is 1.94. The van der Waals surface area contributed by atoms with Gasteiger partial charge in [0.25, 0.3) is 0 Å². The average Bonchev–Trinajstić information content (AvgIpc) is 2.14. The van der Waals surface area contributed by atoms with Gasteiger partial charge in [-0.15, -0.1) is 0 Å². The number of hydrogen-bond acceptors (Lipinski definition) is 5. The van der Waals surface area contributed by atoms with Crippen LogP contribution in [-0.2, 0) is 26.2 Å². The molecule has 0 heterocycles. The zero-order valence-electron chi connectivity index (χ0n) is 8.97. The molecule has 0 saturated heterocycles. The highest BCUT2D eigenvalue weighted by atomic mass is 32.2. The van der Waals surface area contributed by atoms with Crippen LogP contribution >= 0.6 is 0 Å². The standard InChI is InChI=1S/C9H13NO4S2/c1-15(11,12)8-4-3-7(6-10)5-9(8)16(2,13)14/h3-5H,6,10H2,1-2H3. The van der Waals surface area contributed by atoms with E-state index in [4.69, 9.17) is 5.73 Å². The van der Waals surface area contributed by atoms with Crippen LogP contribution in [0.4, 0.5) is 0 Å². The maximum Gasteiger partial charge on any atom is 0.176 e. The van der Waals surface area contributed by atoms with Gasteiger partial charge in [-0.05, 0) is 17.7 Å². The molecule has 1 aromatic rings. The molecular formula is C9H13NO4S2. The first-order valence-corrected chi connectivity index (χ1v) is 8.17. The van der Waals surface area contributed by atoms with E-state index >= 15 is 0 Å². The minimum Gasteiger partial charge on any atom is -0.326 e. The molecule has 16 heavy (non-hydrogen) atoms. The van der Waals surface area contributed by atoms with Crippen LogP contribution in [0.5, 0.6) is 0 Å². The van der Waals surface area contributed by atoms with Crippen molar-refractivity contribution in [1.29, 1.82) is 0 Å².